The van der Waals surface area contributed by atoms with E-state index in [1.54, 1.807) is 28.1 Å². The van der Waals surface area contributed by atoms with Gasteiger partial charge >= 0.3 is 5.97 Å². The summed E-state index contributed by atoms with van der Waals surface area (Å²) in [7, 11) is 4.88. The van der Waals surface area contributed by atoms with Crippen molar-refractivity contribution in [3.8, 4) is 0 Å². The molecule has 2 unspecified atom stereocenters. The number of carbonyl (C=O) groups is 3. The van der Waals surface area contributed by atoms with Crippen molar-refractivity contribution in [2.45, 2.75) is 135 Å². The first-order chi connectivity index (χ1) is 16.4. The number of nitrogens with zero attached hydrogens (tertiary/aromatic N) is 1. The molecule has 0 fully saturated rings. The number of hydrogen-bond acceptors (Lipinski definition) is 4. The molecule has 0 bridgehead atoms. The minimum Gasteiger partial charge on any atom is -0.544 e. The third-order valence-corrected chi connectivity index (χ3v) is 7.23. The van der Waals surface area contributed by atoms with Crippen LogP contribution < -0.4 is 10.4 Å². The summed E-state index contributed by atoms with van der Waals surface area (Å²) in [6, 6.07) is -0.827. The Bertz CT molecular complexity index is 615. The topological polar surface area (TPSA) is 107 Å². The predicted octanol–water partition coefficient (Wildman–Crippen LogP) is 4.67. The van der Waals surface area contributed by atoms with E-state index in [0.717, 1.165) is 25.2 Å². The Morgan fingerprint density at radius 3 is 1.60 bits per heavy atom. The van der Waals surface area contributed by atoms with E-state index in [4.69, 9.17) is 0 Å². The van der Waals surface area contributed by atoms with Gasteiger partial charge < -0.3 is 24.8 Å². The van der Waals surface area contributed by atoms with Crippen LogP contribution in [0.4, 0.5) is 0 Å². The fraction of sp³-hybridized carbons (Fsp3) is 0.893. The van der Waals surface area contributed by atoms with Crippen LogP contribution >= 0.6 is 0 Å². The molecule has 2 N–H and O–H groups in total. The summed E-state index contributed by atoms with van der Waals surface area (Å²) in [5.74, 6) is -2.08. The van der Waals surface area contributed by atoms with E-state index in [9.17, 15) is 24.6 Å². The molecule has 0 aromatic heterocycles. The van der Waals surface area contributed by atoms with Crippen LogP contribution in [-0.2, 0) is 14.4 Å². The van der Waals surface area contributed by atoms with Gasteiger partial charge in [0.15, 0.2) is 5.54 Å². The molecule has 0 aromatic rings. The van der Waals surface area contributed by atoms with Crippen LogP contribution in [0.2, 0.25) is 0 Å². The Labute approximate surface area is 214 Å². The van der Waals surface area contributed by atoms with Crippen molar-refractivity contribution in [1.29, 1.82) is 0 Å². The van der Waals surface area contributed by atoms with Gasteiger partial charge in [0.05, 0.1) is 27.2 Å². The van der Waals surface area contributed by atoms with Gasteiger partial charge in [0.2, 0.25) is 5.91 Å². The lowest BCUT2D eigenvalue weighted by molar-refractivity contribution is -0.917. The molecule has 35 heavy (non-hydrogen) atoms. The van der Waals surface area contributed by atoms with E-state index in [-0.39, 0.29) is 10.4 Å². The summed E-state index contributed by atoms with van der Waals surface area (Å²) in [4.78, 5) is 36.2. The minimum atomic E-state index is -1.75. The van der Waals surface area contributed by atoms with Gasteiger partial charge in [0.1, 0.15) is 12.4 Å². The fourth-order valence-electron chi connectivity index (χ4n) is 4.98. The second-order valence-electron chi connectivity index (χ2n) is 11.5. The molecule has 7 heteroatoms. The van der Waals surface area contributed by atoms with E-state index in [2.05, 4.69) is 19.2 Å². The van der Waals surface area contributed by atoms with Gasteiger partial charge in [-0.1, -0.05) is 97.8 Å². The van der Waals surface area contributed by atoms with Crippen molar-refractivity contribution in [3.63, 3.8) is 0 Å². The molecule has 0 aromatic carbocycles. The number of amides is 1. The lowest BCUT2D eigenvalue weighted by Crippen LogP contribution is -2.75. The number of carbonyl (C=O) groups excluding carboxylic acids is 2. The number of rotatable bonds is 22. The number of unbranched alkanes of at least 4 members (excludes halogenated alkanes) is 11. The van der Waals surface area contributed by atoms with Crippen molar-refractivity contribution >= 4 is 17.8 Å². The number of aliphatic carboxylic acids is 2. The molecule has 7 nitrogen and oxygen atoms in total. The smallest absolute Gasteiger partial charge is 0.310 e. The molecule has 0 saturated carbocycles. The molecule has 0 spiro atoms. The zero-order valence-electron chi connectivity index (χ0n) is 23.5. The Hall–Kier alpha value is -1.63. The molecular formula is C28H54N2O5. The lowest BCUT2D eigenvalue weighted by atomic mass is 9.81. The zero-order valence-corrected chi connectivity index (χ0v) is 23.5. The van der Waals surface area contributed by atoms with Gasteiger partial charge in [-0.15, -0.1) is 0 Å². The Balaban J connectivity index is 4.20. The molecule has 0 saturated heterocycles. The molecule has 1 amide bonds. The van der Waals surface area contributed by atoms with E-state index in [0.29, 0.717) is 12.8 Å². The van der Waals surface area contributed by atoms with E-state index < -0.39 is 29.9 Å². The molecule has 0 heterocycles. The molecule has 0 aliphatic carbocycles. The zero-order chi connectivity index (χ0) is 26.9. The van der Waals surface area contributed by atoms with Gasteiger partial charge in [-0.2, -0.15) is 0 Å². The van der Waals surface area contributed by atoms with Gasteiger partial charge in [-0.3, -0.25) is 9.59 Å². The highest BCUT2D eigenvalue weighted by Gasteiger charge is 2.53. The summed E-state index contributed by atoms with van der Waals surface area (Å²) >= 11 is 0. The average molecular weight is 499 g/mol. The maximum atomic E-state index is 12.6. The van der Waals surface area contributed by atoms with Crippen molar-refractivity contribution < 1.29 is 29.1 Å². The predicted molar refractivity (Wildman–Crippen MR) is 140 cm³/mol. The van der Waals surface area contributed by atoms with Crippen LogP contribution in [0.1, 0.15) is 124 Å². The van der Waals surface area contributed by atoms with Crippen molar-refractivity contribution in [2.75, 3.05) is 21.1 Å². The third-order valence-electron chi connectivity index (χ3n) is 7.23. The number of likely N-dealkylation sites (N-methyl/N-ethyl adjacent to an activating group) is 1. The van der Waals surface area contributed by atoms with Crippen molar-refractivity contribution in [3.05, 3.63) is 0 Å². The maximum Gasteiger partial charge on any atom is 0.310 e. The van der Waals surface area contributed by atoms with Crippen molar-refractivity contribution in [1.82, 2.24) is 5.32 Å². The highest BCUT2D eigenvalue weighted by molar-refractivity contribution is 5.85. The molecule has 0 aliphatic heterocycles. The maximum absolute atomic E-state index is 12.6. The molecule has 0 aliphatic rings. The molecule has 0 radical (unpaired) electrons. The van der Waals surface area contributed by atoms with Crippen molar-refractivity contribution in [2.24, 2.45) is 5.92 Å². The van der Waals surface area contributed by atoms with Crippen LogP contribution in [0.15, 0.2) is 0 Å². The van der Waals surface area contributed by atoms with Crippen LogP contribution in [0, 0.1) is 5.92 Å². The number of nitrogens with one attached hydrogen (secondary N) is 1. The Morgan fingerprint density at radius 2 is 1.26 bits per heavy atom. The molecule has 206 valence electrons. The Morgan fingerprint density at radius 1 is 0.829 bits per heavy atom. The summed E-state index contributed by atoms with van der Waals surface area (Å²) in [5.41, 5.74) is -1.75. The van der Waals surface area contributed by atoms with Gasteiger partial charge in [0, 0.05) is 6.42 Å². The first-order valence-electron chi connectivity index (χ1n) is 13.9. The first kappa shape index (κ1) is 33.4. The minimum absolute atomic E-state index is 0.154. The van der Waals surface area contributed by atoms with Crippen LogP contribution in [0.3, 0.4) is 0 Å². The van der Waals surface area contributed by atoms with Crippen LogP contribution in [0.5, 0.6) is 0 Å². The standard InChI is InChI=1S/C28H54N2O5/c1-7-24(28(27(34)35,22-26(32)33)30(4,5)6)29-25(31)21-19-17-15-13-11-9-8-10-12-14-16-18-20-23(2)3/h23-24H,7-22H2,1-6H3,(H2-,29,31,32,33,34,35). The van der Waals surface area contributed by atoms with Gasteiger partial charge in [-0.05, 0) is 18.8 Å². The average Bonchev–Trinajstić information content (AvgIpc) is 2.74. The molecular weight excluding hydrogens is 444 g/mol. The molecule has 2 atom stereocenters. The van der Waals surface area contributed by atoms with Gasteiger partial charge in [0.25, 0.3) is 0 Å². The number of quaternary nitrogens is 1. The largest absolute Gasteiger partial charge is 0.544 e. The normalized spacial score (nSPS) is 14.5. The van der Waals surface area contributed by atoms with E-state index in [1.807, 2.05) is 0 Å². The summed E-state index contributed by atoms with van der Waals surface area (Å²) in [6.45, 7) is 6.34. The highest BCUT2D eigenvalue weighted by Crippen LogP contribution is 2.29. The van der Waals surface area contributed by atoms with Gasteiger partial charge in [-0.25, -0.2) is 0 Å². The second-order valence-corrected chi connectivity index (χ2v) is 11.5. The monoisotopic (exact) mass is 498 g/mol. The lowest BCUT2D eigenvalue weighted by Gasteiger charge is -2.50. The number of hydrogen-bond donors (Lipinski definition) is 2. The SMILES string of the molecule is CCC(NC(=O)CCCCCCCCCCCCCCC(C)C)C(CC(=O)O)(C(=O)[O-])[N+](C)(C)C. The third kappa shape index (κ3) is 13.3. The van der Waals surface area contributed by atoms with Crippen LogP contribution in [-0.4, -0.2) is 60.2 Å². The summed E-state index contributed by atoms with van der Waals surface area (Å²) < 4.78 is -0.154. The van der Waals surface area contributed by atoms with Crippen LogP contribution in [0.25, 0.3) is 0 Å². The summed E-state index contributed by atoms with van der Waals surface area (Å²) in [5, 5.41) is 24.3. The fourth-order valence-corrected chi connectivity index (χ4v) is 4.98. The van der Waals surface area contributed by atoms with E-state index >= 15 is 0 Å². The number of carboxylic acid groups (broad SMARTS) is 2. The molecule has 0 rings (SSSR count). The Kier molecular flexibility index (Phi) is 16.9. The number of carboxylic acids is 2. The van der Waals surface area contributed by atoms with E-state index in [1.165, 1.54) is 64.2 Å². The highest BCUT2D eigenvalue weighted by atomic mass is 16.4. The second kappa shape index (κ2) is 17.7. The summed E-state index contributed by atoms with van der Waals surface area (Å²) in [6.07, 6.45) is 16.0. The quantitative estimate of drug-likeness (QED) is 0.167. The first-order valence-corrected chi connectivity index (χ1v) is 13.9.